The van der Waals surface area contributed by atoms with Crippen molar-refractivity contribution < 1.29 is 19.4 Å². The van der Waals surface area contributed by atoms with E-state index in [1.807, 2.05) is 13.8 Å². The Kier molecular flexibility index (Phi) is 5.92. The first kappa shape index (κ1) is 16.7. The molecular weight excluding hydrogens is 272 g/mol. The van der Waals surface area contributed by atoms with E-state index in [1.54, 1.807) is 31.4 Å². The number of anilines is 1. The molecule has 0 heterocycles. The molecule has 0 aliphatic heterocycles. The molecule has 0 aliphatic carbocycles. The van der Waals surface area contributed by atoms with Gasteiger partial charge in [-0.25, -0.2) is 9.59 Å². The second kappa shape index (κ2) is 7.44. The van der Waals surface area contributed by atoms with Crippen molar-refractivity contribution in [2.24, 2.45) is 0 Å². The lowest BCUT2D eigenvalue weighted by atomic mass is 10.1. The molecule has 0 unspecified atom stereocenters. The van der Waals surface area contributed by atoms with Gasteiger partial charge in [0.2, 0.25) is 0 Å². The number of carbonyl (C=O) groups is 2. The van der Waals surface area contributed by atoms with Crippen LogP contribution in [0, 0.1) is 0 Å². The van der Waals surface area contributed by atoms with Crippen LogP contribution in [0.25, 0.3) is 6.08 Å². The van der Waals surface area contributed by atoms with Crippen LogP contribution in [0.15, 0.2) is 30.3 Å². The number of nitrogens with one attached hydrogen (secondary N) is 2. The van der Waals surface area contributed by atoms with Gasteiger partial charge < -0.3 is 20.5 Å². The fourth-order valence-electron chi connectivity index (χ4n) is 1.71. The number of carboxylic acids is 1. The second-order valence-corrected chi connectivity index (χ2v) is 5.19. The highest BCUT2D eigenvalue weighted by molar-refractivity contribution is 5.90. The summed E-state index contributed by atoms with van der Waals surface area (Å²) in [6.45, 7) is 4.12. The molecule has 0 saturated carbocycles. The predicted molar refractivity (Wildman–Crippen MR) is 81.2 cm³/mol. The summed E-state index contributed by atoms with van der Waals surface area (Å²) >= 11 is 0. The summed E-state index contributed by atoms with van der Waals surface area (Å²) in [6, 6.07) is 6.50. The monoisotopic (exact) mass is 292 g/mol. The number of ether oxygens (including phenoxy) is 1. The Morgan fingerprint density at radius 3 is 2.43 bits per heavy atom. The second-order valence-electron chi connectivity index (χ2n) is 5.19. The Morgan fingerprint density at radius 1 is 1.29 bits per heavy atom. The van der Waals surface area contributed by atoms with Gasteiger partial charge in [-0.1, -0.05) is 12.1 Å². The average Bonchev–Trinajstić information content (AvgIpc) is 2.36. The fraction of sp³-hybridized carbons (Fsp3) is 0.333. The molecule has 0 atom stereocenters. The topological polar surface area (TPSA) is 87.7 Å². The first-order valence-electron chi connectivity index (χ1n) is 6.41. The molecule has 0 saturated heterocycles. The van der Waals surface area contributed by atoms with Gasteiger partial charge in [-0.2, -0.15) is 0 Å². The molecule has 6 heteroatoms. The number of aliphatic carboxylic acids is 1. The maximum atomic E-state index is 11.8. The zero-order valence-corrected chi connectivity index (χ0v) is 12.3. The Bertz CT molecular complexity index is 521. The van der Waals surface area contributed by atoms with Gasteiger partial charge in [0.05, 0.1) is 12.1 Å². The van der Waals surface area contributed by atoms with Gasteiger partial charge >= 0.3 is 12.0 Å². The molecule has 3 N–H and O–H groups in total. The summed E-state index contributed by atoms with van der Waals surface area (Å²) in [6.07, 6.45) is 2.54. The van der Waals surface area contributed by atoms with Gasteiger partial charge in [0.1, 0.15) is 0 Å². The summed E-state index contributed by atoms with van der Waals surface area (Å²) in [5.74, 6) is -1.00. The number of urea groups is 1. The number of methoxy groups -OCH3 is 1. The van der Waals surface area contributed by atoms with Crippen molar-refractivity contribution in [1.82, 2.24) is 5.32 Å². The minimum Gasteiger partial charge on any atom is -0.478 e. The van der Waals surface area contributed by atoms with E-state index in [-0.39, 0.29) is 6.03 Å². The highest BCUT2D eigenvalue weighted by Gasteiger charge is 2.19. The molecule has 114 valence electrons. The van der Waals surface area contributed by atoms with Gasteiger partial charge in [0, 0.05) is 18.9 Å². The van der Waals surface area contributed by atoms with Crippen LogP contribution in [0.5, 0.6) is 0 Å². The summed E-state index contributed by atoms with van der Waals surface area (Å²) in [4.78, 5) is 22.2. The van der Waals surface area contributed by atoms with Crippen LogP contribution < -0.4 is 10.6 Å². The summed E-state index contributed by atoms with van der Waals surface area (Å²) in [5, 5.41) is 14.0. The van der Waals surface area contributed by atoms with Crippen LogP contribution in [0.3, 0.4) is 0 Å². The van der Waals surface area contributed by atoms with Crippen LogP contribution >= 0.6 is 0 Å². The van der Waals surface area contributed by atoms with Gasteiger partial charge in [0.25, 0.3) is 0 Å². The Labute approximate surface area is 123 Å². The number of carbonyl (C=O) groups excluding carboxylic acids is 1. The normalized spacial score (nSPS) is 11.4. The maximum absolute atomic E-state index is 11.8. The number of hydrogen-bond donors (Lipinski definition) is 3. The molecule has 0 radical (unpaired) electrons. The van der Waals surface area contributed by atoms with Gasteiger partial charge in [-0.15, -0.1) is 0 Å². The van der Waals surface area contributed by atoms with E-state index >= 15 is 0 Å². The number of benzene rings is 1. The summed E-state index contributed by atoms with van der Waals surface area (Å²) in [7, 11) is 1.57. The molecule has 0 fully saturated rings. The molecule has 0 aromatic heterocycles. The van der Waals surface area contributed by atoms with Gasteiger partial charge in [-0.3, -0.25) is 0 Å². The van der Waals surface area contributed by atoms with E-state index in [0.717, 1.165) is 11.6 Å². The van der Waals surface area contributed by atoms with E-state index in [9.17, 15) is 9.59 Å². The quantitative estimate of drug-likeness (QED) is 0.702. The zero-order chi connectivity index (χ0) is 15.9. The van der Waals surface area contributed by atoms with E-state index in [0.29, 0.717) is 12.3 Å². The van der Waals surface area contributed by atoms with Crippen molar-refractivity contribution in [3.05, 3.63) is 35.9 Å². The summed E-state index contributed by atoms with van der Waals surface area (Å²) in [5.41, 5.74) is 0.888. The number of rotatable bonds is 6. The third kappa shape index (κ3) is 6.58. The van der Waals surface area contributed by atoms with Crippen LogP contribution in [0.4, 0.5) is 10.5 Å². The van der Waals surface area contributed by atoms with E-state index < -0.39 is 11.5 Å². The Balaban J connectivity index is 2.59. The highest BCUT2D eigenvalue weighted by Crippen LogP contribution is 2.11. The largest absolute Gasteiger partial charge is 0.478 e. The first-order chi connectivity index (χ1) is 9.82. The minimum atomic E-state index is -1.00. The molecular formula is C15H20N2O4. The van der Waals surface area contributed by atoms with Crippen molar-refractivity contribution in [2.75, 3.05) is 19.0 Å². The Hall–Kier alpha value is -2.34. The van der Waals surface area contributed by atoms with Crippen molar-refractivity contribution in [1.29, 1.82) is 0 Å². The number of hydrogen-bond acceptors (Lipinski definition) is 3. The van der Waals surface area contributed by atoms with E-state index in [2.05, 4.69) is 10.6 Å². The zero-order valence-electron chi connectivity index (χ0n) is 12.3. The fourth-order valence-corrected chi connectivity index (χ4v) is 1.71. The van der Waals surface area contributed by atoms with E-state index in [1.165, 1.54) is 6.08 Å². The highest BCUT2D eigenvalue weighted by atomic mass is 16.5. The molecule has 1 rings (SSSR count). The molecule has 1 aromatic carbocycles. The van der Waals surface area contributed by atoms with Crippen molar-refractivity contribution in [2.45, 2.75) is 19.4 Å². The lowest BCUT2D eigenvalue weighted by Gasteiger charge is -2.25. The van der Waals surface area contributed by atoms with Crippen molar-refractivity contribution >= 4 is 23.8 Å². The number of carboxylic acid groups (broad SMARTS) is 1. The predicted octanol–water partition coefficient (Wildman–Crippen LogP) is 2.33. The molecule has 21 heavy (non-hydrogen) atoms. The lowest BCUT2D eigenvalue weighted by Crippen LogP contribution is -2.48. The van der Waals surface area contributed by atoms with Crippen LogP contribution in [-0.4, -0.2) is 36.4 Å². The average molecular weight is 292 g/mol. The molecule has 0 bridgehead atoms. The van der Waals surface area contributed by atoms with E-state index in [4.69, 9.17) is 9.84 Å². The maximum Gasteiger partial charge on any atom is 0.328 e. The first-order valence-corrected chi connectivity index (χ1v) is 6.41. The summed E-state index contributed by atoms with van der Waals surface area (Å²) < 4.78 is 5.02. The standard InChI is InChI=1S/C15H20N2O4/c1-15(2,10-21-3)17-14(20)16-12-7-4-11(5-8-12)6-9-13(18)19/h4-9H,10H2,1-3H3,(H,18,19)(H2,16,17,20)/b9-6+. The molecule has 0 spiro atoms. The third-order valence-electron chi connectivity index (χ3n) is 2.54. The third-order valence-corrected chi connectivity index (χ3v) is 2.54. The molecule has 6 nitrogen and oxygen atoms in total. The van der Waals surface area contributed by atoms with Crippen molar-refractivity contribution in [3.63, 3.8) is 0 Å². The van der Waals surface area contributed by atoms with Crippen LogP contribution in [0.2, 0.25) is 0 Å². The van der Waals surface area contributed by atoms with Crippen molar-refractivity contribution in [3.8, 4) is 0 Å². The molecule has 1 aromatic rings. The minimum absolute atomic E-state index is 0.328. The lowest BCUT2D eigenvalue weighted by molar-refractivity contribution is -0.131. The smallest absolute Gasteiger partial charge is 0.328 e. The molecule has 0 aliphatic rings. The molecule has 2 amide bonds. The SMILES string of the molecule is COCC(C)(C)NC(=O)Nc1ccc(/C=C/C(=O)O)cc1. The van der Waals surface area contributed by atoms with Gasteiger partial charge in [-0.05, 0) is 37.6 Å². The van der Waals surface area contributed by atoms with Crippen LogP contribution in [-0.2, 0) is 9.53 Å². The van der Waals surface area contributed by atoms with Gasteiger partial charge in [0.15, 0.2) is 0 Å². The van der Waals surface area contributed by atoms with Crippen LogP contribution in [0.1, 0.15) is 19.4 Å². The Morgan fingerprint density at radius 2 is 1.90 bits per heavy atom. The number of amides is 2.